The fraction of sp³-hybridized carbons (Fsp3) is 1.00. The first-order valence-corrected chi connectivity index (χ1v) is 4.52. The van der Waals surface area contributed by atoms with Gasteiger partial charge in [-0.3, -0.25) is 4.21 Å². The SMILES string of the molecule is CC1(C)CC(O)CN1S(=O)[O-]. The first kappa shape index (κ1) is 9.12. The van der Waals surface area contributed by atoms with E-state index in [1.54, 1.807) is 13.8 Å². The highest BCUT2D eigenvalue weighted by molar-refractivity contribution is 7.76. The molecule has 0 aliphatic carbocycles. The summed E-state index contributed by atoms with van der Waals surface area (Å²) in [6, 6.07) is 0. The van der Waals surface area contributed by atoms with Gasteiger partial charge in [0.15, 0.2) is 0 Å². The molecule has 0 amide bonds. The lowest BCUT2D eigenvalue weighted by Crippen LogP contribution is -2.39. The van der Waals surface area contributed by atoms with Crippen molar-refractivity contribution < 1.29 is 13.9 Å². The van der Waals surface area contributed by atoms with Gasteiger partial charge in [0.25, 0.3) is 0 Å². The molecule has 1 aliphatic heterocycles. The third-order valence-corrected chi connectivity index (χ3v) is 2.97. The molecule has 5 heteroatoms. The van der Waals surface area contributed by atoms with Gasteiger partial charge in [-0.05, 0) is 20.3 Å². The molecule has 0 bridgehead atoms. The predicted octanol–water partition coefficient (Wildman–Crippen LogP) is -0.374. The van der Waals surface area contributed by atoms with E-state index in [0.717, 1.165) is 0 Å². The number of hydrogen-bond donors (Lipinski definition) is 1. The summed E-state index contributed by atoms with van der Waals surface area (Å²) in [6.07, 6.45) is 0.00366. The number of β-amino-alcohol motifs (C(OH)–C–C–N with tert-alkyl or cyclic N) is 1. The van der Waals surface area contributed by atoms with E-state index in [1.807, 2.05) is 0 Å². The summed E-state index contributed by atoms with van der Waals surface area (Å²) in [6.45, 7) is 3.83. The molecule has 0 aromatic carbocycles. The average molecular weight is 178 g/mol. The van der Waals surface area contributed by atoms with Gasteiger partial charge in [-0.15, -0.1) is 0 Å². The summed E-state index contributed by atoms with van der Waals surface area (Å²) in [5.74, 6) is 0. The monoisotopic (exact) mass is 178 g/mol. The summed E-state index contributed by atoms with van der Waals surface area (Å²) in [5.41, 5.74) is -0.425. The molecule has 1 heterocycles. The lowest BCUT2D eigenvalue weighted by atomic mass is 10.0. The van der Waals surface area contributed by atoms with Crippen molar-refractivity contribution in [3.8, 4) is 0 Å². The molecule has 0 saturated carbocycles. The van der Waals surface area contributed by atoms with Crippen LogP contribution >= 0.6 is 0 Å². The van der Waals surface area contributed by atoms with Gasteiger partial charge < -0.3 is 9.66 Å². The topological polar surface area (TPSA) is 63.6 Å². The third-order valence-electron chi connectivity index (χ3n) is 1.97. The van der Waals surface area contributed by atoms with Crippen LogP contribution in [0.3, 0.4) is 0 Å². The second-order valence-corrected chi connectivity index (χ2v) is 4.32. The van der Waals surface area contributed by atoms with Crippen LogP contribution < -0.4 is 0 Å². The molecular weight excluding hydrogens is 166 g/mol. The first-order chi connectivity index (χ1) is 4.93. The van der Waals surface area contributed by atoms with E-state index in [4.69, 9.17) is 5.11 Å². The Kier molecular flexibility index (Phi) is 2.34. The maximum absolute atomic E-state index is 10.6. The van der Waals surface area contributed by atoms with E-state index in [1.165, 1.54) is 4.31 Å². The van der Waals surface area contributed by atoms with E-state index in [2.05, 4.69) is 0 Å². The highest BCUT2D eigenvalue weighted by atomic mass is 32.2. The van der Waals surface area contributed by atoms with Gasteiger partial charge >= 0.3 is 0 Å². The minimum absolute atomic E-state index is 0.225. The molecule has 1 N–H and O–H groups in total. The van der Waals surface area contributed by atoms with E-state index < -0.39 is 22.9 Å². The Labute approximate surface area is 68.6 Å². The molecule has 0 aromatic rings. The van der Waals surface area contributed by atoms with Crippen LogP contribution in [0.5, 0.6) is 0 Å². The van der Waals surface area contributed by atoms with Crippen LogP contribution in [-0.2, 0) is 11.3 Å². The maximum atomic E-state index is 10.6. The van der Waals surface area contributed by atoms with Gasteiger partial charge in [0.1, 0.15) is 0 Å². The molecule has 0 aromatic heterocycles. The summed E-state index contributed by atoms with van der Waals surface area (Å²) in [7, 11) is 0. The Morgan fingerprint density at radius 1 is 1.73 bits per heavy atom. The molecule has 1 aliphatic rings. The molecule has 11 heavy (non-hydrogen) atoms. The van der Waals surface area contributed by atoms with Crippen LogP contribution in [0.4, 0.5) is 0 Å². The van der Waals surface area contributed by atoms with E-state index in [9.17, 15) is 8.76 Å². The summed E-state index contributed by atoms with van der Waals surface area (Å²) < 4.78 is 22.4. The van der Waals surface area contributed by atoms with Crippen molar-refractivity contribution in [2.45, 2.75) is 31.9 Å². The van der Waals surface area contributed by atoms with Crippen molar-refractivity contribution in [1.29, 1.82) is 0 Å². The number of rotatable bonds is 1. The van der Waals surface area contributed by atoms with E-state index in [0.29, 0.717) is 6.42 Å². The van der Waals surface area contributed by atoms with Crippen molar-refractivity contribution in [1.82, 2.24) is 4.31 Å². The fourth-order valence-electron chi connectivity index (χ4n) is 1.44. The van der Waals surface area contributed by atoms with Crippen LogP contribution in [0.2, 0.25) is 0 Å². The van der Waals surface area contributed by atoms with Gasteiger partial charge in [0.05, 0.1) is 6.10 Å². The van der Waals surface area contributed by atoms with Crippen molar-refractivity contribution in [3.05, 3.63) is 0 Å². The molecule has 66 valence electrons. The number of hydrogen-bond acceptors (Lipinski definition) is 3. The molecule has 2 atom stereocenters. The van der Waals surface area contributed by atoms with Gasteiger partial charge in [0, 0.05) is 23.4 Å². The summed E-state index contributed by atoms with van der Waals surface area (Å²) in [5, 5.41) is 9.17. The van der Waals surface area contributed by atoms with Crippen LogP contribution in [-0.4, -0.2) is 36.4 Å². The fourth-order valence-corrected chi connectivity index (χ4v) is 2.22. The van der Waals surface area contributed by atoms with Crippen molar-refractivity contribution in [2.75, 3.05) is 6.54 Å². The summed E-state index contributed by atoms with van der Waals surface area (Å²) >= 11 is -2.21. The standard InChI is InChI=1S/C6H13NO3S/c1-6(2)3-5(8)4-7(6)11(9)10/h5,8H,3-4H2,1-2H3,(H,9,10)/p-1. The van der Waals surface area contributed by atoms with Crippen molar-refractivity contribution in [2.24, 2.45) is 0 Å². The predicted molar refractivity (Wildman–Crippen MR) is 40.3 cm³/mol. The molecule has 0 spiro atoms. The first-order valence-electron chi connectivity index (χ1n) is 3.48. The highest BCUT2D eigenvalue weighted by Crippen LogP contribution is 2.29. The Hall–Kier alpha value is 0.0300. The largest absolute Gasteiger partial charge is 0.760 e. The third kappa shape index (κ3) is 1.79. The summed E-state index contributed by atoms with van der Waals surface area (Å²) in [4.78, 5) is 0. The second kappa shape index (κ2) is 2.82. The van der Waals surface area contributed by atoms with E-state index in [-0.39, 0.29) is 6.54 Å². The molecule has 0 radical (unpaired) electrons. The molecule has 1 saturated heterocycles. The van der Waals surface area contributed by atoms with Gasteiger partial charge in [-0.25, -0.2) is 4.31 Å². The van der Waals surface area contributed by atoms with Gasteiger partial charge in [-0.2, -0.15) is 0 Å². The Balaban J connectivity index is 2.74. The minimum atomic E-state index is -2.21. The van der Waals surface area contributed by atoms with Gasteiger partial charge in [0.2, 0.25) is 0 Å². The normalized spacial score (nSPS) is 34.0. The number of aliphatic hydroxyl groups excluding tert-OH is 1. The molecule has 1 rings (SSSR count). The Morgan fingerprint density at radius 3 is 2.45 bits per heavy atom. The van der Waals surface area contributed by atoms with Crippen molar-refractivity contribution >= 4 is 11.3 Å². The van der Waals surface area contributed by atoms with Crippen LogP contribution in [0, 0.1) is 0 Å². The van der Waals surface area contributed by atoms with Crippen LogP contribution in [0.15, 0.2) is 0 Å². The second-order valence-electron chi connectivity index (χ2n) is 3.45. The average Bonchev–Trinajstić information content (AvgIpc) is 2.04. The maximum Gasteiger partial charge on any atom is 0.0695 e. The Bertz CT molecular complexity index is 183. The highest BCUT2D eigenvalue weighted by Gasteiger charge is 2.38. The quantitative estimate of drug-likeness (QED) is 0.557. The number of aliphatic hydroxyl groups is 1. The smallest absolute Gasteiger partial charge is 0.0695 e. The van der Waals surface area contributed by atoms with Crippen molar-refractivity contribution in [3.63, 3.8) is 0 Å². The van der Waals surface area contributed by atoms with Crippen LogP contribution in [0.25, 0.3) is 0 Å². The zero-order valence-electron chi connectivity index (χ0n) is 6.61. The molecular formula is C6H12NO3S-. The van der Waals surface area contributed by atoms with Crippen LogP contribution in [0.1, 0.15) is 20.3 Å². The number of nitrogens with zero attached hydrogens (tertiary/aromatic N) is 1. The lowest BCUT2D eigenvalue weighted by molar-refractivity contribution is 0.187. The molecule has 1 fully saturated rings. The zero-order chi connectivity index (χ0) is 8.65. The molecule has 2 unspecified atom stereocenters. The minimum Gasteiger partial charge on any atom is -0.760 e. The zero-order valence-corrected chi connectivity index (χ0v) is 7.43. The van der Waals surface area contributed by atoms with E-state index >= 15 is 0 Å². The lowest BCUT2D eigenvalue weighted by Gasteiger charge is -2.31. The Morgan fingerprint density at radius 2 is 2.27 bits per heavy atom. The molecule has 4 nitrogen and oxygen atoms in total. The van der Waals surface area contributed by atoms with Gasteiger partial charge in [-0.1, -0.05) is 0 Å².